The molecule has 4 nitrogen and oxygen atoms in total. The second kappa shape index (κ2) is 4.79. The minimum absolute atomic E-state index is 0.162. The summed E-state index contributed by atoms with van der Waals surface area (Å²) in [5.74, 6) is 0.840. The van der Waals surface area contributed by atoms with Gasteiger partial charge in [-0.15, -0.1) is 11.6 Å². The minimum Gasteiger partial charge on any atom is -0.292 e. The molecule has 3 aromatic rings. The average Bonchev–Trinajstić information content (AvgIpc) is 2.91. The Morgan fingerprint density at radius 1 is 1.37 bits per heavy atom. The van der Waals surface area contributed by atoms with E-state index in [1.54, 1.807) is 4.68 Å². The molecule has 0 aliphatic heterocycles. The maximum atomic E-state index is 6.26. The van der Waals surface area contributed by atoms with E-state index < -0.39 is 0 Å². The molecule has 0 bridgehead atoms. The molecule has 0 saturated carbocycles. The van der Waals surface area contributed by atoms with Gasteiger partial charge < -0.3 is 0 Å². The van der Waals surface area contributed by atoms with Crippen LogP contribution in [0.3, 0.4) is 0 Å². The maximum Gasteiger partial charge on any atom is 0.132 e. The Morgan fingerprint density at radius 3 is 2.79 bits per heavy atom. The lowest BCUT2D eigenvalue weighted by molar-refractivity contribution is 0.767. The number of rotatable bonds is 2. The lowest BCUT2D eigenvalue weighted by Crippen LogP contribution is -2.00. The van der Waals surface area contributed by atoms with Gasteiger partial charge in [0.25, 0.3) is 0 Å². The molecule has 3 rings (SSSR count). The zero-order valence-corrected chi connectivity index (χ0v) is 13.4. The van der Waals surface area contributed by atoms with Gasteiger partial charge >= 0.3 is 0 Å². The fourth-order valence-corrected chi connectivity index (χ4v) is 2.76. The van der Waals surface area contributed by atoms with Crippen molar-refractivity contribution in [2.24, 2.45) is 7.05 Å². The van der Waals surface area contributed by atoms with E-state index in [0.717, 1.165) is 26.1 Å². The number of benzene rings is 1. The van der Waals surface area contributed by atoms with Gasteiger partial charge in [0, 0.05) is 16.8 Å². The predicted octanol–water partition coefficient (Wildman–Crippen LogP) is 3.66. The highest BCUT2D eigenvalue weighted by molar-refractivity contribution is 14.1. The molecule has 0 aliphatic rings. The van der Waals surface area contributed by atoms with Crippen molar-refractivity contribution in [2.45, 2.75) is 12.3 Å². The van der Waals surface area contributed by atoms with Gasteiger partial charge in [0.05, 0.1) is 28.3 Å². The molecule has 0 fully saturated rings. The fourth-order valence-electron chi connectivity index (χ4n) is 2.13. The molecular weight excluding hydrogens is 375 g/mol. The first kappa shape index (κ1) is 12.9. The molecule has 6 heteroatoms. The SMILES string of the molecule is CC(Cl)c1nc2cc(I)ccc2n1-c1cnn(C)c1. The van der Waals surface area contributed by atoms with Crippen LogP contribution in [0.1, 0.15) is 18.1 Å². The van der Waals surface area contributed by atoms with Crippen LogP contribution < -0.4 is 0 Å². The Kier molecular flexibility index (Phi) is 3.26. The highest BCUT2D eigenvalue weighted by Crippen LogP contribution is 2.28. The molecule has 0 saturated heterocycles. The molecule has 0 radical (unpaired) electrons. The largest absolute Gasteiger partial charge is 0.292 e. The van der Waals surface area contributed by atoms with Crippen LogP contribution in [0.25, 0.3) is 16.7 Å². The summed E-state index contributed by atoms with van der Waals surface area (Å²) < 4.78 is 5.00. The lowest BCUT2D eigenvalue weighted by atomic mass is 10.3. The second-order valence-electron chi connectivity index (χ2n) is 4.43. The van der Waals surface area contributed by atoms with Gasteiger partial charge in [-0.1, -0.05) is 0 Å². The van der Waals surface area contributed by atoms with Gasteiger partial charge in [-0.05, 0) is 47.7 Å². The summed E-state index contributed by atoms with van der Waals surface area (Å²) in [5.41, 5.74) is 2.99. The van der Waals surface area contributed by atoms with E-state index in [1.807, 2.05) is 26.4 Å². The van der Waals surface area contributed by atoms with Crippen LogP contribution in [0.5, 0.6) is 0 Å². The highest BCUT2D eigenvalue weighted by atomic mass is 127. The molecule has 0 spiro atoms. The van der Waals surface area contributed by atoms with E-state index in [9.17, 15) is 0 Å². The van der Waals surface area contributed by atoms with Gasteiger partial charge in [0.1, 0.15) is 5.82 Å². The normalized spacial score (nSPS) is 13.1. The van der Waals surface area contributed by atoms with Crippen molar-refractivity contribution >= 4 is 45.2 Å². The second-order valence-corrected chi connectivity index (χ2v) is 6.33. The summed E-state index contributed by atoms with van der Waals surface area (Å²) in [6, 6.07) is 6.20. The van der Waals surface area contributed by atoms with Crippen LogP contribution in [0.4, 0.5) is 0 Å². The molecular formula is C13H12ClIN4. The number of aryl methyl sites for hydroxylation is 1. The zero-order chi connectivity index (χ0) is 13.6. The molecule has 0 N–H and O–H groups in total. The minimum atomic E-state index is -0.162. The van der Waals surface area contributed by atoms with Crippen molar-refractivity contribution in [3.63, 3.8) is 0 Å². The van der Waals surface area contributed by atoms with E-state index in [0.29, 0.717) is 0 Å². The Bertz CT molecular complexity index is 744. The van der Waals surface area contributed by atoms with Crippen LogP contribution in [0, 0.1) is 3.57 Å². The number of nitrogens with zero attached hydrogens (tertiary/aromatic N) is 4. The monoisotopic (exact) mass is 386 g/mol. The predicted molar refractivity (Wildman–Crippen MR) is 84.8 cm³/mol. The van der Waals surface area contributed by atoms with Gasteiger partial charge in [-0.25, -0.2) is 4.98 Å². The quantitative estimate of drug-likeness (QED) is 0.498. The number of aromatic nitrogens is 4. The van der Waals surface area contributed by atoms with Crippen LogP contribution in [0.2, 0.25) is 0 Å². The highest BCUT2D eigenvalue weighted by Gasteiger charge is 2.17. The molecule has 2 heterocycles. The van der Waals surface area contributed by atoms with Crippen molar-refractivity contribution in [3.8, 4) is 5.69 Å². The van der Waals surface area contributed by atoms with E-state index >= 15 is 0 Å². The molecule has 98 valence electrons. The molecule has 0 amide bonds. The number of hydrogen-bond donors (Lipinski definition) is 0. The van der Waals surface area contributed by atoms with Crippen molar-refractivity contribution in [1.82, 2.24) is 19.3 Å². The molecule has 1 aromatic carbocycles. The molecule has 1 atom stereocenters. The first-order chi connectivity index (χ1) is 9.06. The third kappa shape index (κ3) is 2.25. The number of halogens is 2. The number of hydrogen-bond acceptors (Lipinski definition) is 2. The Morgan fingerprint density at radius 2 is 2.16 bits per heavy atom. The first-order valence-corrected chi connectivity index (χ1v) is 7.39. The summed E-state index contributed by atoms with van der Waals surface area (Å²) in [4.78, 5) is 4.65. The third-order valence-corrected chi connectivity index (χ3v) is 3.81. The van der Waals surface area contributed by atoms with Crippen molar-refractivity contribution < 1.29 is 0 Å². The van der Waals surface area contributed by atoms with E-state index in [4.69, 9.17) is 11.6 Å². The Balaban J connectivity index is 2.34. The third-order valence-electron chi connectivity index (χ3n) is 2.95. The lowest BCUT2D eigenvalue weighted by Gasteiger charge is -2.07. The fraction of sp³-hybridized carbons (Fsp3) is 0.231. The van der Waals surface area contributed by atoms with Gasteiger partial charge in [0.2, 0.25) is 0 Å². The zero-order valence-electron chi connectivity index (χ0n) is 10.5. The maximum absolute atomic E-state index is 6.26. The van der Waals surface area contributed by atoms with Crippen molar-refractivity contribution in [3.05, 3.63) is 40.0 Å². The van der Waals surface area contributed by atoms with Crippen LogP contribution in [-0.4, -0.2) is 19.3 Å². The van der Waals surface area contributed by atoms with Gasteiger partial charge in [-0.3, -0.25) is 9.25 Å². The van der Waals surface area contributed by atoms with E-state index in [1.165, 1.54) is 0 Å². The topological polar surface area (TPSA) is 35.6 Å². The summed E-state index contributed by atoms with van der Waals surface area (Å²) in [5, 5.41) is 4.06. The Hall–Kier alpha value is -1.08. The molecule has 19 heavy (non-hydrogen) atoms. The van der Waals surface area contributed by atoms with Gasteiger partial charge in [-0.2, -0.15) is 5.10 Å². The number of fused-ring (bicyclic) bond motifs is 1. The van der Waals surface area contributed by atoms with Crippen molar-refractivity contribution in [2.75, 3.05) is 0 Å². The van der Waals surface area contributed by atoms with Gasteiger partial charge in [0.15, 0.2) is 0 Å². The van der Waals surface area contributed by atoms with Crippen LogP contribution in [0.15, 0.2) is 30.6 Å². The van der Waals surface area contributed by atoms with Crippen LogP contribution in [-0.2, 0) is 7.05 Å². The molecule has 1 unspecified atom stereocenters. The number of alkyl halides is 1. The standard InChI is InChI=1S/C13H12ClIN4/c1-8(14)13-17-11-5-9(15)3-4-12(11)19(13)10-6-16-18(2)7-10/h3-8H,1-2H3. The summed E-state index contributed by atoms with van der Waals surface area (Å²) in [7, 11) is 1.90. The molecule has 2 aromatic heterocycles. The summed E-state index contributed by atoms with van der Waals surface area (Å²) in [6.07, 6.45) is 3.78. The smallest absolute Gasteiger partial charge is 0.132 e. The average molecular weight is 387 g/mol. The number of imidazole rings is 1. The first-order valence-electron chi connectivity index (χ1n) is 5.87. The van der Waals surface area contributed by atoms with E-state index in [2.05, 4.69) is 55.4 Å². The summed E-state index contributed by atoms with van der Waals surface area (Å²) in [6.45, 7) is 1.93. The molecule has 0 aliphatic carbocycles. The van der Waals surface area contributed by atoms with E-state index in [-0.39, 0.29) is 5.38 Å². The van der Waals surface area contributed by atoms with Crippen LogP contribution >= 0.6 is 34.2 Å². The summed E-state index contributed by atoms with van der Waals surface area (Å²) >= 11 is 8.55. The Labute approximate surface area is 129 Å². The van der Waals surface area contributed by atoms with Crippen molar-refractivity contribution in [1.29, 1.82) is 0 Å².